The fourth-order valence-electron chi connectivity index (χ4n) is 4.02. The first-order valence-electron chi connectivity index (χ1n) is 17.1. The van der Waals surface area contributed by atoms with E-state index in [1.165, 1.54) is 37.3 Å². The molecule has 4 rings (SSSR count). The Morgan fingerprint density at radius 2 is 0.815 bits per heavy atom. The first-order valence-corrected chi connectivity index (χ1v) is 26.8. The summed E-state index contributed by atoms with van der Waals surface area (Å²) in [5, 5.41) is 8.42. The molecule has 4 heterocycles. The molecule has 0 bridgehead atoms. The van der Waals surface area contributed by atoms with E-state index in [1.54, 1.807) is 0 Å². The van der Waals surface area contributed by atoms with Gasteiger partial charge in [-0.15, -0.1) is 0 Å². The van der Waals surface area contributed by atoms with Gasteiger partial charge >= 0.3 is 57.0 Å². The molecule has 0 aromatic carbocycles. The van der Waals surface area contributed by atoms with E-state index in [1.807, 2.05) is 46.3 Å². The predicted molar refractivity (Wildman–Crippen MR) is 202 cm³/mol. The van der Waals surface area contributed by atoms with Crippen molar-refractivity contribution in [3.8, 4) is 0 Å². The number of hydrogen-bond donors (Lipinski definition) is 0. The first kappa shape index (κ1) is 62.0. The Kier molecular flexibility index (Phi) is 24.7. The molecule has 0 unspecified atom stereocenters. The average molecular weight is 1180 g/mol. The van der Waals surface area contributed by atoms with Crippen LogP contribution in [0.2, 0.25) is 0 Å². The summed E-state index contributed by atoms with van der Waals surface area (Å²) in [4.78, 5) is 0. The van der Waals surface area contributed by atoms with E-state index in [0.717, 1.165) is 34.7 Å². The second-order valence-corrected chi connectivity index (χ2v) is 21.2. The van der Waals surface area contributed by atoms with Crippen LogP contribution in [0.1, 0.15) is 51.2 Å². The summed E-state index contributed by atoms with van der Waals surface area (Å²) < 4.78 is 231. The van der Waals surface area contributed by atoms with Crippen molar-refractivity contribution in [1.29, 1.82) is 0 Å². The van der Waals surface area contributed by atoms with Crippen LogP contribution >= 0.6 is 19.1 Å². The van der Waals surface area contributed by atoms with Crippen molar-refractivity contribution in [2.24, 2.45) is 0 Å². The van der Waals surface area contributed by atoms with Crippen molar-refractivity contribution < 1.29 is 111 Å². The number of alkyl halides is 12. The fraction of sp³-hybridized carbons (Fsp3) is 0.571. The molecule has 0 saturated carbocycles. The molecule has 0 spiro atoms. The molecule has 37 heteroatoms. The van der Waals surface area contributed by atoms with Gasteiger partial charge in [-0.25, -0.2) is 61.3 Å². The molecule has 0 fully saturated rings. The van der Waals surface area contributed by atoms with Crippen LogP contribution in [0.15, 0.2) is 61.7 Å². The standard InChI is InChI=1S/2C12H19N4.2C2F6NO4S2.2ClH.Pd/c2*1-3-4-7-14-9-10-15(12(14)2)11-16-8-5-6-13-16;2*3-1(4,5)14(10,11)9-15(12,13)2(6,7)8;;;/h2*5-6,8-10H,3-4,7,11H2,1-2H3;;;2*1H;/q2*+1;2*-1;;;+2/p-2. The zero-order chi connectivity index (χ0) is 50.9. The number of unbranched alkanes of at least 4 members (excludes halogenated alkanes) is 2. The molecule has 4 aromatic heterocycles. The Morgan fingerprint density at radius 3 is 1.02 bits per heavy atom. The van der Waals surface area contributed by atoms with E-state index < -0.39 is 62.1 Å². The Morgan fingerprint density at radius 1 is 0.554 bits per heavy atom. The molecule has 4 aromatic rings. The maximum atomic E-state index is 11.4. The number of aryl methyl sites for hydroxylation is 2. The summed E-state index contributed by atoms with van der Waals surface area (Å²) in [6.45, 7) is 12.5. The SMILES string of the molecule is CCCCn1cc[n+](Cn2cccn2)c1C.CCCCn1cc[n+](Cn2cccn2)c1C.O=S(=O)([N-]S(=O)(=O)C(F)(F)F)C(F)(F)F.O=S(=O)([N-]S(=O)(=O)C(F)(F)F)C(F)(F)F.[Cl][Pd][Cl]. The normalized spacial score (nSPS) is 12.8. The Bertz CT molecular complexity index is 2210. The van der Waals surface area contributed by atoms with Crippen LogP contribution in [0.5, 0.6) is 0 Å². The van der Waals surface area contributed by atoms with Gasteiger partial charge in [0.05, 0.1) is 13.1 Å². The third-order valence-electron chi connectivity index (χ3n) is 7.30. The van der Waals surface area contributed by atoms with Gasteiger partial charge in [0.25, 0.3) is 11.6 Å². The van der Waals surface area contributed by atoms with Crippen molar-refractivity contribution >= 4 is 59.2 Å². The van der Waals surface area contributed by atoms with E-state index >= 15 is 0 Å². The molecule has 380 valence electrons. The van der Waals surface area contributed by atoms with Crippen LogP contribution in [0.4, 0.5) is 52.7 Å². The molecule has 0 amide bonds. The second kappa shape index (κ2) is 25.9. The third kappa shape index (κ3) is 20.8. The predicted octanol–water partition coefficient (Wildman–Crippen LogP) is 6.67. The van der Waals surface area contributed by atoms with Gasteiger partial charge in [-0.05, 0) is 25.0 Å². The quantitative estimate of drug-likeness (QED) is 0.0742. The zero-order valence-electron chi connectivity index (χ0n) is 33.4. The van der Waals surface area contributed by atoms with Gasteiger partial charge in [-0.2, -0.15) is 62.9 Å². The average Bonchev–Trinajstić information content (AvgIpc) is 3.97. The van der Waals surface area contributed by atoms with Crippen LogP contribution in [0, 0.1) is 13.8 Å². The molecule has 18 nitrogen and oxygen atoms in total. The molecule has 0 saturated heterocycles. The molecule has 0 radical (unpaired) electrons. The number of aromatic nitrogens is 8. The minimum atomic E-state index is -6.72. The van der Waals surface area contributed by atoms with E-state index in [4.69, 9.17) is 19.1 Å². The molecular weight excluding hydrogens is 1140 g/mol. The zero-order valence-corrected chi connectivity index (χ0v) is 39.7. The van der Waals surface area contributed by atoms with Crippen LogP contribution < -0.4 is 9.13 Å². The van der Waals surface area contributed by atoms with Crippen LogP contribution in [-0.2, 0) is 82.5 Å². The summed E-state index contributed by atoms with van der Waals surface area (Å²) in [5.74, 6) is 2.56. The van der Waals surface area contributed by atoms with Gasteiger partial charge in [0.1, 0.15) is 24.8 Å². The van der Waals surface area contributed by atoms with Crippen LogP contribution in [0.3, 0.4) is 0 Å². The molecule has 0 N–H and O–H groups in total. The van der Waals surface area contributed by atoms with Crippen molar-refractivity contribution in [2.45, 2.75) is 102 Å². The number of hydrogen-bond acceptors (Lipinski definition) is 10. The molecule has 0 atom stereocenters. The first-order chi connectivity index (χ1) is 29.4. The van der Waals surface area contributed by atoms with Crippen molar-refractivity contribution in [1.82, 2.24) is 28.7 Å². The molecule has 0 aliphatic carbocycles. The third-order valence-corrected chi connectivity index (χ3v) is 12.8. The Labute approximate surface area is 380 Å². The number of rotatable bonds is 14. The number of nitrogens with zero attached hydrogens (tertiary/aromatic N) is 10. The number of sulfonamides is 4. The minimum absolute atomic E-state index is 0.106. The summed E-state index contributed by atoms with van der Waals surface area (Å²) in [7, 11) is -17.3. The fourth-order valence-corrected chi connectivity index (χ4v) is 7.44. The second-order valence-electron chi connectivity index (χ2n) is 12.0. The maximum absolute atomic E-state index is 11.4. The van der Waals surface area contributed by atoms with Crippen molar-refractivity contribution in [3.05, 3.63) is 81.6 Å². The van der Waals surface area contributed by atoms with Crippen LogP contribution in [-0.4, -0.2) is 84.4 Å². The molecule has 0 aliphatic rings. The van der Waals surface area contributed by atoms with E-state index in [9.17, 15) is 86.4 Å². The summed E-state index contributed by atoms with van der Waals surface area (Å²) in [6, 6.07) is 3.90. The van der Waals surface area contributed by atoms with Gasteiger partial charge in [0, 0.05) is 38.6 Å². The van der Waals surface area contributed by atoms with E-state index in [2.05, 4.69) is 80.9 Å². The van der Waals surface area contributed by atoms with Crippen LogP contribution in [0.25, 0.3) is 8.25 Å². The van der Waals surface area contributed by atoms with Gasteiger partial charge < -0.3 is 8.25 Å². The van der Waals surface area contributed by atoms with Crippen molar-refractivity contribution in [2.75, 3.05) is 0 Å². The van der Waals surface area contributed by atoms with Gasteiger partial charge in [-0.3, -0.25) is 0 Å². The monoisotopic (exact) mass is 1170 g/mol. The van der Waals surface area contributed by atoms with E-state index in [0.29, 0.717) is 0 Å². The molecule has 65 heavy (non-hydrogen) atoms. The van der Waals surface area contributed by atoms with Gasteiger partial charge in [0.2, 0.25) is 0 Å². The number of imidazole rings is 2. The van der Waals surface area contributed by atoms with Gasteiger partial charge in [0.15, 0.2) is 53.4 Å². The summed E-state index contributed by atoms with van der Waals surface area (Å²) in [6.07, 6.45) is 21.0. The molecule has 0 aliphatic heterocycles. The van der Waals surface area contributed by atoms with Crippen molar-refractivity contribution in [3.63, 3.8) is 0 Å². The Hall–Kier alpha value is -3.04. The summed E-state index contributed by atoms with van der Waals surface area (Å²) >= 11 is -0.106. The topological polar surface area (TPSA) is 218 Å². The molecular formula is C28H38Cl2F12N10O8PdS4. The number of halogens is 14. The summed E-state index contributed by atoms with van der Waals surface area (Å²) in [5.41, 5.74) is -24.8. The Balaban J connectivity index is 0.000000823. The van der Waals surface area contributed by atoms with E-state index in [-0.39, 0.29) is 15.9 Å². The van der Waals surface area contributed by atoms with Gasteiger partial charge in [-0.1, -0.05) is 26.7 Å².